The largest absolute Gasteiger partial charge is 0.326 e. The van der Waals surface area contributed by atoms with Gasteiger partial charge in [0.05, 0.1) is 4.90 Å². The zero-order valence-corrected chi connectivity index (χ0v) is 16.7. The number of sulfonamides is 1. The Bertz CT molecular complexity index is 958. The topological polar surface area (TPSA) is 92.3 Å². The fraction of sp³-hybridized carbons (Fsp3) is 0.300. The van der Waals surface area contributed by atoms with Gasteiger partial charge < -0.3 is 5.32 Å². The Hall–Kier alpha value is -2.51. The van der Waals surface area contributed by atoms with Crippen molar-refractivity contribution >= 4 is 27.4 Å². The molecular weight excluding hydrogens is 364 g/mol. The van der Waals surface area contributed by atoms with Gasteiger partial charge in [0, 0.05) is 24.2 Å². The second kappa shape index (κ2) is 8.45. The van der Waals surface area contributed by atoms with E-state index in [9.17, 15) is 18.0 Å². The van der Waals surface area contributed by atoms with Crippen molar-refractivity contribution in [3.8, 4) is 0 Å². The first-order chi connectivity index (χ1) is 12.6. The molecule has 7 heteroatoms. The summed E-state index contributed by atoms with van der Waals surface area (Å²) in [6.07, 6.45) is -0.0204. The van der Waals surface area contributed by atoms with E-state index in [4.69, 9.17) is 0 Å². The van der Waals surface area contributed by atoms with Crippen LogP contribution >= 0.6 is 0 Å². The van der Waals surface area contributed by atoms with Gasteiger partial charge in [-0.15, -0.1) is 0 Å². The zero-order valence-electron chi connectivity index (χ0n) is 15.9. The van der Waals surface area contributed by atoms with Gasteiger partial charge in [-0.25, -0.2) is 13.1 Å². The van der Waals surface area contributed by atoms with Crippen LogP contribution in [0.2, 0.25) is 0 Å². The van der Waals surface area contributed by atoms with Crippen LogP contribution in [0.4, 0.5) is 5.69 Å². The minimum atomic E-state index is -3.70. The van der Waals surface area contributed by atoms with Crippen molar-refractivity contribution in [3.63, 3.8) is 0 Å². The molecule has 0 aliphatic heterocycles. The number of benzene rings is 2. The SMILES string of the molecule is CC(=O)c1cccc(NC(=O)CCNS(=O)(=O)c2c(C)cc(C)cc2C)c1. The van der Waals surface area contributed by atoms with Gasteiger partial charge in [0.2, 0.25) is 15.9 Å². The van der Waals surface area contributed by atoms with Crippen molar-refractivity contribution in [3.05, 3.63) is 58.7 Å². The fourth-order valence-corrected chi connectivity index (χ4v) is 4.48. The van der Waals surface area contributed by atoms with Gasteiger partial charge in [-0.05, 0) is 51.0 Å². The molecule has 0 aromatic heterocycles. The maximum Gasteiger partial charge on any atom is 0.241 e. The minimum absolute atomic E-state index is 0.0204. The Kier molecular flexibility index (Phi) is 6.51. The highest BCUT2D eigenvalue weighted by Gasteiger charge is 2.19. The maximum absolute atomic E-state index is 12.6. The number of ketones is 1. The van der Waals surface area contributed by atoms with Crippen LogP contribution in [0.1, 0.15) is 40.4 Å². The number of carbonyl (C=O) groups excluding carboxylic acids is 2. The lowest BCUT2D eigenvalue weighted by Crippen LogP contribution is -2.29. The van der Waals surface area contributed by atoms with E-state index >= 15 is 0 Å². The molecule has 0 saturated carbocycles. The molecule has 0 bridgehead atoms. The van der Waals surface area contributed by atoms with E-state index < -0.39 is 10.0 Å². The van der Waals surface area contributed by atoms with Gasteiger partial charge in [-0.2, -0.15) is 0 Å². The van der Waals surface area contributed by atoms with E-state index in [2.05, 4.69) is 10.0 Å². The lowest BCUT2D eigenvalue weighted by atomic mass is 10.1. The quantitative estimate of drug-likeness (QED) is 0.713. The second-order valence-corrected chi connectivity index (χ2v) is 8.26. The van der Waals surface area contributed by atoms with Crippen LogP contribution in [0.5, 0.6) is 0 Å². The van der Waals surface area contributed by atoms with Gasteiger partial charge >= 0.3 is 0 Å². The molecule has 0 aliphatic carbocycles. The first-order valence-corrected chi connectivity index (χ1v) is 10.1. The number of carbonyl (C=O) groups is 2. The smallest absolute Gasteiger partial charge is 0.241 e. The number of hydrogen-bond acceptors (Lipinski definition) is 4. The highest BCUT2D eigenvalue weighted by Crippen LogP contribution is 2.21. The molecular formula is C20H24N2O4S. The molecule has 1 amide bonds. The third-order valence-electron chi connectivity index (χ3n) is 4.07. The van der Waals surface area contributed by atoms with E-state index in [-0.39, 0.29) is 29.6 Å². The van der Waals surface area contributed by atoms with Gasteiger partial charge in [-0.1, -0.05) is 29.8 Å². The molecule has 2 aromatic carbocycles. The Morgan fingerprint density at radius 1 is 1.00 bits per heavy atom. The molecule has 2 rings (SSSR count). The number of Topliss-reactive ketones (excluding diaryl/α,β-unsaturated/α-hetero) is 1. The number of anilines is 1. The maximum atomic E-state index is 12.6. The number of rotatable bonds is 7. The summed E-state index contributed by atoms with van der Waals surface area (Å²) in [7, 11) is -3.70. The summed E-state index contributed by atoms with van der Waals surface area (Å²) in [5.41, 5.74) is 3.34. The summed E-state index contributed by atoms with van der Waals surface area (Å²) in [6.45, 7) is 6.85. The average molecular weight is 388 g/mol. The summed E-state index contributed by atoms with van der Waals surface area (Å²) in [6, 6.07) is 10.2. The minimum Gasteiger partial charge on any atom is -0.326 e. The molecule has 0 saturated heterocycles. The first kappa shape index (κ1) is 20.8. The third-order valence-corrected chi connectivity index (χ3v) is 5.84. The lowest BCUT2D eigenvalue weighted by Gasteiger charge is -2.13. The lowest BCUT2D eigenvalue weighted by molar-refractivity contribution is -0.116. The number of aryl methyl sites for hydroxylation is 3. The normalized spacial score (nSPS) is 11.3. The predicted molar refractivity (Wildman–Crippen MR) is 106 cm³/mol. The van der Waals surface area contributed by atoms with E-state index in [1.165, 1.54) is 6.92 Å². The highest BCUT2D eigenvalue weighted by atomic mass is 32.2. The standard InChI is InChI=1S/C20H24N2O4S/c1-13-10-14(2)20(15(3)11-13)27(25,26)21-9-8-19(24)22-18-7-5-6-17(12-18)16(4)23/h5-7,10-12,21H,8-9H2,1-4H3,(H,22,24). The molecule has 0 atom stereocenters. The Labute approximate surface area is 160 Å². The van der Waals surface area contributed by atoms with Crippen LogP contribution in [0.25, 0.3) is 0 Å². The van der Waals surface area contributed by atoms with Crippen LogP contribution in [0.15, 0.2) is 41.3 Å². The number of amides is 1. The molecule has 0 radical (unpaired) electrons. The van der Waals surface area contributed by atoms with Crippen LogP contribution in [-0.4, -0.2) is 26.7 Å². The van der Waals surface area contributed by atoms with Crippen LogP contribution in [0, 0.1) is 20.8 Å². The number of nitrogens with one attached hydrogen (secondary N) is 2. The average Bonchev–Trinajstić information content (AvgIpc) is 2.53. The van der Waals surface area contributed by atoms with Gasteiger partial charge in [0.1, 0.15) is 0 Å². The van der Waals surface area contributed by atoms with Crippen LogP contribution < -0.4 is 10.0 Å². The summed E-state index contributed by atoms with van der Waals surface area (Å²) in [5, 5.41) is 2.67. The monoisotopic (exact) mass is 388 g/mol. The van der Waals surface area contributed by atoms with Crippen molar-refractivity contribution in [1.82, 2.24) is 4.72 Å². The van der Waals surface area contributed by atoms with Crippen molar-refractivity contribution in [2.24, 2.45) is 0 Å². The molecule has 0 spiro atoms. The van der Waals surface area contributed by atoms with Gasteiger partial charge in [0.25, 0.3) is 0 Å². The zero-order chi connectivity index (χ0) is 20.2. The predicted octanol–water partition coefficient (Wildman–Crippen LogP) is 3.12. The fourth-order valence-electron chi connectivity index (χ4n) is 3.00. The summed E-state index contributed by atoms with van der Waals surface area (Å²) >= 11 is 0. The Morgan fingerprint density at radius 2 is 1.63 bits per heavy atom. The second-order valence-electron chi connectivity index (χ2n) is 6.56. The van der Waals surface area contributed by atoms with E-state index in [0.29, 0.717) is 22.4 Å². The van der Waals surface area contributed by atoms with Crippen molar-refractivity contribution in [2.45, 2.75) is 39.0 Å². The Balaban J connectivity index is 1.98. The molecule has 0 heterocycles. The molecule has 6 nitrogen and oxygen atoms in total. The molecule has 2 N–H and O–H groups in total. The van der Waals surface area contributed by atoms with Crippen LogP contribution in [0.3, 0.4) is 0 Å². The van der Waals surface area contributed by atoms with Crippen molar-refractivity contribution in [2.75, 3.05) is 11.9 Å². The molecule has 0 aliphatic rings. The number of hydrogen-bond donors (Lipinski definition) is 2. The third kappa shape index (κ3) is 5.48. The van der Waals surface area contributed by atoms with Gasteiger partial charge in [-0.3, -0.25) is 9.59 Å². The summed E-state index contributed by atoms with van der Waals surface area (Å²) in [5.74, 6) is -0.432. The van der Waals surface area contributed by atoms with E-state index in [0.717, 1.165) is 5.56 Å². The molecule has 144 valence electrons. The Morgan fingerprint density at radius 3 is 2.22 bits per heavy atom. The molecule has 2 aromatic rings. The summed E-state index contributed by atoms with van der Waals surface area (Å²) in [4.78, 5) is 23.7. The highest BCUT2D eigenvalue weighted by molar-refractivity contribution is 7.89. The van der Waals surface area contributed by atoms with Crippen LogP contribution in [-0.2, 0) is 14.8 Å². The molecule has 0 fully saturated rings. The van der Waals surface area contributed by atoms with Gasteiger partial charge in [0.15, 0.2) is 5.78 Å². The molecule has 27 heavy (non-hydrogen) atoms. The van der Waals surface area contributed by atoms with Crippen molar-refractivity contribution < 1.29 is 18.0 Å². The van der Waals surface area contributed by atoms with E-state index in [1.54, 1.807) is 38.1 Å². The summed E-state index contributed by atoms with van der Waals surface area (Å²) < 4.78 is 27.6. The van der Waals surface area contributed by atoms with Crippen molar-refractivity contribution in [1.29, 1.82) is 0 Å². The first-order valence-electron chi connectivity index (χ1n) is 8.58. The molecule has 0 unspecified atom stereocenters. The van der Waals surface area contributed by atoms with E-state index in [1.807, 2.05) is 19.1 Å².